The maximum atomic E-state index is 9.75. The first kappa shape index (κ1) is 21.2. The van der Waals surface area contributed by atoms with Crippen LogP contribution in [0.3, 0.4) is 0 Å². The molecule has 0 amide bonds. The fourth-order valence-electron chi connectivity index (χ4n) is 2.81. The Labute approximate surface area is 170 Å². The second-order valence-corrected chi connectivity index (χ2v) is 6.23. The van der Waals surface area contributed by atoms with E-state index >= 15 is 0 Å². The summed E-state index contributed by atoms with van der Waals surface area (Å²) < 4.78 is 50.3. The molecule has 3 aromatic carbocycles. The molecule has 0 atom stereocenters. The van der Waals surface area contributed by atoms with Crippen molar-refractivity contribution in [2.24, 2.45) is 0 Å². The Hall–Kier alpha value is -3.55. The van der Waals surface area contributed by atoms with Gasteiger partial charge in [-0.25, -0.2) is 4.99 Å². The lowest BCUT2D eigenvalue weighted by atomic mass is 10.1. The zero-order chi connectivity index (χ0) is 21.6. The number of ether oxygens (including phenoxy) is 1. The van der Waals surface area contributed by atoms with E-state index < -0.39 is 7.25 Å². The van der Waals surface area contributed by atoms with Crippen molar-refractivity contribution in [2.45, 2.75) is 0 Å². The maximum absolute atomic E-state index is 9.75. The number of halogens is 4. The molecule has 3 nitrogen and oxygen atoms in total. The van der Waals surface area contributed by atoms with E-state index in [1.54, 1.807) is 7.11 Å². The summed E-state index contributed by atoms with van der Waals surface area (Å²) in [6.07, 6.45) is 0. The van der Waals surface area contributed by atoms with Gasteiger partial charge in [0.1, 0.15) is 17.1 Å². The molecule has 0 saturated carbocycles. The molecule has 1 aromatic heterocycles. The molecule has 4 aromatic rings. The number of methoxy groups -OCH3 is 1. The molecule has 0 radical (unpaired) electrons. The van der Waals surface area contributed by atoms with Crippen LogP contribution in [0.5, 0.6) is 5.75 Å². The number of para-hydroxylation sites is 1. The second kappa shape index (κ2) is 9.30. The van der Waals surface area contributed by atoms with Crippen molar-refractivity contribution < 1.29 is 31.4 Å². The van der Waals surface area contributed by atoms with Gasteiger partial charge in [-0.2, -0.15) is 0 Å². The van der Waals surface area contributed by atoms with Gasteiger partial charge in [0.05, 0.1) is 18.6 Å². The first-order valence-electron chi connectivity index (χ1n) is 9.03. The van der Waals surface area contributed by atoms with Crippen LogP contribution in [0.25, 0.3) is 22.3 Å². The van der Waals surface area contributed by atoms with Gasteiger partial charge < -0.3 is 26.4 Å². The lowest BCUT2D eigenvalue weighted by Gasteiger charge is -2.02. The van der Waals surface area contributed by atoms with Gasteiger partial charge in [0.25, 0.3) is 0 Å². The summed E-state index contributed by atoms with van der Waals surface area (Å²) in [6, 6.07) is 28.1. The molecule has 0 spiro atoms. The number of benzene rings is 3. The Morgan fingerprint density at radius 3 is 2.03 bits per heavy atom. The van der Waals surface area contributed by atoms with Crippen molar-refractivity contribution in [3.63, 3.8) is 0 Å². The van der Waals surface area contributed by atoms with Crippen LogP contribution in [0.1, 0.15) is 0 Å². The van der Waals surface area contributed by atoms with E-state index in [1.165, 1.54) is 0 Å². The van der Waals surface area contributed by atoms with Crippen LogP contribution < -0.4 is 15.1 Å². The summed E-state index contributed by atoms with van der Waals surface area (Å²) in [4.78, 5) is 3.49. The van der Waals surface area contributed by atoms with E-state index in [1.807, 2.05) is 78.9 Å². The molecule has 1 N–H and O–H groups in total. The summed E-state index contributed by atoms with van der Waals surface area (Å²) in [5, 5.41) is 2.05. The maximum Gasteiger partial charge on any atom is 0.673 e. The SMILES string of the molecule is COc1ccc([NH+]=c2cc(-c3ccccc3)oc3ccccc23)cc1.F[B-](F)(F)F. The van der Waals surface area contributed by atoms with Gasteiger partial charge >= 0.3 is 7.25 Å². The van der Waals surface area contributed by atoms with Gasteiger partial charge in [0.15, 0.2) is 0 Å². The summed E-state index contributed by atoms with van der Waals surface area (Å²) in [5.41, 5.74) is 2.89. The van der Waals surface area contributed by atoms with Crippen molar-refractivity contribution in [1.82, 2.24) is 0 Å². The highest BCUT2D eigenvalue weighted by Gasteiger charge is 2.20. The van der Waals surface area contributed by atoms with Crippen LogP contribution in [0.15, 0.2) is 89.3 Å². The van der Waals surface area contributed by atoms with Gasteiger partial charge in [-0.1, -0.05) is 42.5 Å². The third kappa shape index (κ3) is 5.97. The third-order valence-corrected chi connectivity index (χ3v) is 4.10. The Kier molecular flexibility index (Phi) is 6.56. The topological polar surface area (TPSA) is 36.3 Å². The average Bonchev–Trinajstić information content (AvgIpc) is 2.74. The van der Waals surface area contributed by atoms with Gasteiger partial charge in [0, 0.05) is 17.7 Å². The largest absolute Gasteiger partial charge is 0.673 e. The van der Waals surface area contributed by atoms with E-state index in [0.29, 0.717) is 0 Å². The standard InChI is InChI=1S/C22H17NO2.BF4/c1-24-18-13-11-17(12-14-18)23-20-15-22(16-7-3-2-4-8-16)25-21-10-6-5-9-19(20)21;2-1(3,4)5/h2-15H,1H3;/q;-1/p+1. The van der Waals surface area contributed by atoms with Crippen LogP contribution in [-0.2, 0) is 0 Å². The van der Waals surface area contributed by atoms with E-state index in [9.17, 15) is 17.3 Å². The highest BCUT2D eigenvalue weighted by molar-refractivity contribution is 6.50. The van der Waals surface area contributed by atoms with Crippen molar-refractivity contribution in [3.05, 3.63) is 90.3 Å². The molecule has 30 heavy (non-hydrogen) atoms. The Morgan fingerprint density at radius 2 is 1.40 bits per heavy atom. The van der Waals surface area contributed by atoms with E-state index in [-0.39, 0.29) is 0 Å². The second-order valence-electron chi connectivity index (χ2n) is 6.23. The fourth-order valence-corrected chi connectivity index (χ4v) is 2.81. The van der Waals surface area contributed by atoms with Crippen molar-refractivity contribution >= 4 is 23.9 Å². The molecule has 0 aliphatic heterocycles. The normalized spacial score (nSPS) is 11.7. The number of nitrogens with one attached hydrogen (secondary N) is 1. The van der Waals surface area contributed by atoms with Crippen molar-refractivity contribution in [1.29, 1.82) is 0 Å². The summed E-state index contributed by atoms with van der Waals surface area (Å²) in [5.74, 6) is 1.67. The van der Waals surface area contributed by atoms with Crippen molar-refractivity contribution in [3.8, 4) is 17.1 Å². The van der Waals surface area contributed by atoms with E-state index in [4.69, 9.17) is 9.15 Å². The number of fused-ring (bicyclic) bond motifs is 1. The quantitative estimate of drug-likeness (QED) is 0.388. The summed E-state index contributed by atoms with van der Waals surface area (Å²) in [6.45, 7) is 0. The number of hydrogen-bond acceptors (Lipinski definition) is 2. The van der Waals surface area contributed by atoms with Crippen LogP contribution in [0, 0.1) is 0 Å². The lowest BCUT2D eigenvalue weighted by Crippen LogP contribution is -2.70. The highest BCUT2D eigenvalue weighted by atomic mass is 19.5. The van der Waals surface area contributed by atoms with Gasteiger partial charge in [-0.3, -0.25) is 0 Å². The smallest absolute Gasteiger partial charge is 0.497 e. The predicted octanol–water partition coefficient (Wildman–Crippen LogP) is 4.72. The number of rotatable bonds is 3. The van der Waals surface area contributed by atoms with Crippen molar-refractivity contribution in [2.75, 3.05) is 7.11 Å². The Balaban J connectivity index is 0.000000461. The van der Waals surface area contributed by atoms with Crippen LogP contribution in [-0.4, -0.2) is 14.4 Å². The van der Waals surface area contributed by atoms with E-state index in [2.05, 4.69) is 11.1 Å². The zero-order valence-corrected chi connectivity index (χ0v) is 16.0. The van der Waals surface area contributed by atoms with Crippen LogP contribution in [0.4, 0.5) is 23.0 Å². The van der Waals surface area contributed by atoms with Gasteiger partial charge in [-0.15, -0.1) is 0 Å². The minimum absolute atomic E-state index is 0.829. The number of hydrogen-bond donors (Lipinski definition) is 1. The molecule has 4 rings (SSSR count). The molecule has 8 heteroatoms. The lowest BCUT2D eigenvalue weighted by molar-refractivity contribution is -0.400. The molecule has 0 saturated heterocycles. The van der Waals surface area contributed by atoms with Crippen LogP contribution in [0.2, 0.25) is 0 Å². The molecule has 0 aliphatic rings. The molecule has 0 fully saturated rings. The fraction of sp³-hybridized carbons (Fsp3) is 0.0455. The third-order valence-electron chi connectivity index (χ3n) is 4.10. The van der Waals surface area contributed by atoms with Gasteiger partial charge in [0.2, 0.25) is 11.0 Å². The molecule has 0 aliphatic carbocycles. The highest BCUT2D eigenvalue weighted by Crippen LogP contribution is 2.21. The predicted molar refractivity (Wildman–Crippen MR) is 109 cm³/mol. The molecular formula is C22H18BF4NO2. The molecule has 1 heterocycles. The minimum atomic E-state index is -6.00. The molecule has 154 valence electrons. The summed E-state index contributed by atoms with van der Waals surface area (Å²) in [7, 11) is -4.33. The first-order chi connectivity index (χ1) is 14.3. The molecular weight excluding hydrogens is 397 g/mol. The first-order valence-corrected chi connectivity index (χ1v) is 9.03. The molecule has 0 bridgehead atoms. The minimum Gasteiger partial charge on any atom is -0.497 e. The zero-order valence-electron chi connectivity index (χ0n) is 16.0. The summed E-state index contributed by atoms with van der Waals surface area (Å²) >= 11 is 0. The monoisotopic (exact) mass is 415 g/mol. The Bertz CT molecular complexity index is 1170. The Morgan fingerprint density at radius 1 is 0.800 bits per heavy atom. The molecule has 0 unspecified atom stereocenters. The average molecular weight is 415 g/mol. The van der Waals surface area contributed by atoms with E-state index in [0.717, 1.165) is 39.1 Å². The van der Waals surface area contributed by atoms with Crippen LogP contribution >= 0.6 is 0 Å². The van der Waals surface area contributed by atoms with Gasteiger partial charge in [-0.05, 0) is 24.3 Å².